The summed E-state index contributed by atoms with van der Waals surface area (Å²) in [6.45, 7) is 0. The fourth-order valence-electron chi connectivity index (χ4n) is 1.31. The summed E-state index contributed by atoms with van der Waals surface area (Å²) in [5.74, 6) is -0.398. The van der Waals surface area contributed by atoms with Crippen molar-refractivity contribution in [1.29, 1.82) is 0 Å². The lowest BCUT2D eigenvalue weighted by atomic mass is 10.1. The van der Waals surface area contributed by atoms with Gasteiger partial charge in [-0.05, 0) is 18.2 Å². The zero-order valence-electron chi connectivity index (χ0n) is 7.74. The third kappa shape index (κ3) is 1.92. The second-order valence-corrected chi connectivity index (χ2v) is 3.50. The van der Waals surface area contributed by atoms with Crippen LogP contribution in [0.25, 0.3) is 11.1 Å². The van der Waals surface area contributed by atoms with E-state index in [9.17, 15) is 4.39 Å². The Kier molecular flexibility index (Phi) is 2.56. The van der Waals surface area contributed by atoms with Gasteiger partial charge >= 0.3 is 0 Å². The highest BCUT2D eigenvalue weighted by Crippen LogP contribution is 2.29. The smallest absolute Gasteiger partial charge is 0.133 e. The van der Waals surface area contributed by atoms with Gasteiger partial charge in [-0.3, -0.25) is 4.98 Å². The maximum absolute atomic E-state index is 13.5. The van der Waals surface area contributed by atoms with Crippen LogP contribution in [0.15, 0.2) is 36.7 Å². The molecule has 2 N–H and O–H groups in total. The van der Waals surface area contributed by atoms with E-state index < -0.39 is 5.82 Å². The molecule has 0 radical (unpaired) electrons. The van der Waals surface area contributed by atoms with Gasteiger partial charge in [0, 0.05) is 23.5 Å². The van der Waals surface area contributed by atoms with Crippen LogP contribution in [0.4, 0.5) is 10.1 Å². The van der Waals surface area contributed by atoms with Crippen LogP contribution in [-0.4, -0.2) is 4.98 Å². The van der Waals surface area contributed by atoms with Crippen LogP contribution in [0.5, 0.6) is 0 Å². The largest absolute Gasteiger partial charge is 0.397 e. The second-order valence-electron chi connectivity index (χ2n) is 3.10. The highest BCUT2D eigenvalue weighted by atomic mass is 35.5. The van der Waals surface area contributed by atoms with Crippen molar-refractivity contribution in [2.24, 2.45) is 0 Å². The summed E-state index contributed by atoms with van der Waals surface area (Å²) < 4.78 is 13.5. The van der Waals surface area contributed by atoms with Crippen molar-refractivity contribution in [3.05, 3.63) is 47.5 Å². The van der Waals surface area contributed by atoms with Crippen LogP contribution >= 0.6 is 11.6 Å². The molecule has 0 bridgehead atoms. The molecule has 0 aliphatic rings. The molecule has 2 rings (SSSR count). The Morgan fingerprint density at radius 2 is 2.13 bits per heavy atom. The highest BCUT2D eigenvalue weighted by Gasteiger charge is 2.08. The molecule has 0 atom stereocenters. The Bertz CT molecular complexity index is 485. The van der Waals surface area contributed by atoms with Gasteiger partial charge in [-0.25, -0.2) is 4.39 Å². The minimum Gasteiger partial charge on any atom is -0.397 e. The highest BCUT2D eigenvalue weighted by molar-refractivity contribution is 6.33. The van der Waals surface area contributed by atoms with E-state index in [1.54, 1.807) is 24.5 Å². The monoisotopic (exact) mass is 222 g/mol. The molecule has 1 heterocycles. The van der Waals surface area contributed by atoms with E-state index in [1.807, 2.05) is 0 Å². The van der Waals surface area contributed by atoms with Crippen LogP contribution in [-0.2, 0) is 0 Å². The molecule has 0 saturated heterocycles. The van der Waals surface area contributed by atoms with E-state index in [0.29, 0.717) is 16.1 Å². The molecule has 0 saturated carbocycles. The minimum atomic E-state index is -0.398. The average molecular weight is 223 g/mol. The van der Waals surface area contributed by atoms with Crippen molar-refractivity contribution in [2.75, 3.05) is 5.73 Å². The Hall–Kier alpha value is -1.61. The molecule has 0 aliphatic heterocycles. The summed E-state index contributed by atoms with van der Waals surface area (Å²) in [7, 11) is 0. The molecule has 1 aromatic carbocycles. The topological polar surface area (TPSA) is 38.9 Å². The molecule has 2 nitrogen and oxygen atoms in total. The van der Waals surface area contributed by atoms with Crippen LogP contribution < -0.4 is 5.73 Å². The minimum absolute atomic E-state index is 0.238. The van der Waals surface area contributed by atoms with Crippen molar-refractivity contribution in [1.82, 2.24) is 4.98 Å². The number of nitrogens with two attached hydrogens (primary N) is 1. The number of rotatable bonds is 1. The van der Waals surface area contributed by atoms with E-state index in [-0.39, 0.29) is 5.69 Å². The van der Waals surface area contributed by atoms with Crippen molar-refractivity contribution < 1.29 is 4.39 Å². The van der Waals surface area contributed by atoms with E-state index in [0.717, 1.165) is 0 Å². The fraction of sp³-hybridized carbons (Fsp3) is 0. The maximum Gasteiger partial charge on any atom is 0.133 e. The first-order valence-electron chi connectivity index (χ1n) is 4.33. The molecule has 2 aromatic rings. The summed E-state index contributed by atoms with van der Waals surface area (Å²) >= 11 is 5.82. The first-order chi connectivity index (χ1) is 7.18. The molecule has 0 amide bonds. The quantitative estimate of drug-likeness (QED) is 0.753. The molecular formula is C11H8ClFN2. The van der Waals surface area contributed by atoms with Crippen LogP contribution in [0.2, 0.25) is 5.02 Å². The molecule has 0 spiro atoms. The first kappa shape index (κ1) is 9.93. The van der Waals surface area contributed by atoms with Gasteiger partial charge < -0.3 is 5.73 Å². The number of hydrogen-bond acceptors (Lipinski definition) is 2. The molecule has 15 heavy (non-hydrogen) atoms. The number of benzene rings is 1. The van der Waals surface area contributed by atoms with Crippen molar-refractivity contribution in [3.8, 4) is 11.1 Å². The van der Waals surface area contributed by atoms with Gasteiger partial charge in [-0.1, -0.05) is 17.7 Å². The number of aromatic nitrogens is 1. The number of nitrogens with zero attached hydrogens (tertiary/aromatic N) is 1. The van der Waals surface area contributed by atoms with E-state index >= 15 is 0 Å². The third-order valence-corrected chi connectivity index (χ3v) is 2.39. The van der Waals surface area contributed by atoms with Gasteiger partial charge in [-0.15, -0.1) is 0 Å². The van der Waals surface area contributed by atoms with Gasteiger partial charge in [0.1, 0.15) is 5.82 Å². The third-order valence-electron chi connectivity index (χ3n) is 2.06. The zero-order chi connectivity index (χ0) is 10.8. The lowest BCUT2D eigenvalue weighted by Crippen LogP contribution is -1.91. The van der Waals surface area contributed by atoms with E-state index in [1.165, 1.54) is 12.1 Å². The van der Waals surface area contributed by atoms with Crippen molar-refractivity contribution >= 4 is 17.3 Å². The molecule has 0 unspecified atom stereocenters. The van der Waals surface area contributed by atoms with E-state index in [2.05, 4.69) is 4.98 Å². The lowest BCUT2D eigenvalue weighted by Gasteiger charge is -2.05. The summed E-state index contributed by atoms with van der Waals surface area (Å²) in [5.41, 5.74) is 6.80. The van der Waals surface area contributed by atoms with Crippen LogP contribution in [0, 0.1) is 5.82 Å². The van der Waals surface area contributed by atoms with Crippen LogP contribution in [0.3, 0.4) is 0 Å². The predicted molar refractivity (Wildman–Crippen MR) is 59.1 cm³/mol. The van der Waals surface area contributed by atoms with Gasteiger partial charge in [0.25, 0.3) is 0 Å². The first-order valence-corrected chi connectivity index (χ1v) is 4.71. The van der Waals surface area contributed by atoms with Gasteiger partial charge in [-0.2, -0.15) is 0 Å². The van der Waals surface area contributed by atoms with Crippen LogP contribution in [0.1, 0.15) is 0 Å². The number of nitrogen functional groups attached to an aromatic ring is 1. The Morgan fingerprint density at radius 1 is 1.33 bits per heavy atom. The summed E-state index contributed by atoms with van der Waals surface area (Å²) in [6.07, 6.45) is 3.20. The second kappa shape index (κ2) is 3.87. The number of anilines is 1. The molecule has 0 aliphatic carbocycles. The average Bonchev–Trinajstić information content (AvgIpc) is 2.25. The maximum atomic E-state index is 13.5. The number of halogens is 2. The summed E-state index contributed by atoms with van der Waals surface area (Å²) in [4.78, 5) is 3.91. The molecule has 0 fully saturated rings. The lowest BCUT2D eigenvalue weighted by molar-refractivity contribution is 0.632. The standard InChI is InChI=1S/C11H8ClFN2/c12-9-4-8(10(13)5-11(9)14)7-2-1-3-15-6-7/h1-6H,14H2. The Morgan fingerprint density at radius 3 is 2.80 bits per heavy atom. The molecule has 76 valence electrons. The zero-order valence-corrected chi connectivity index (χ0v) is 8.50. The van der Waals surface area contributed by atoms with Gasteiger partial charge in [0.15, 0.2) is 0 Å². The Balaban J connectivity index is 2.59. The number of pyridine rings is 1. The molecular weight excluding hydrogens is 215 g/mol. The van der Waals surface area contributed by atoms with Crippen molar-refractivity contribution in [2.45, 2.75) is 0 Å². The van der Waals surface area contributed by atoms with Gasteiger partial charge in [0.2, 0.25) is 0 Å². The summed E-state index contributed by atoms with van der Waals surface area (Å²) in [5, 5.41) is 0.343. The molecule has 1 aromatic heterocycles. The summed E-state index contributed by atoms with van der Waals surface area (Å²) in [6, 6.07) is 6.21. The SMILES string of the molecule is Nc1cc(F)c(-c2cccnc2)cc1Cl. The van der Waals surface area contributed by atoms with Crippen molar-refractivity contribution in [3.63, 3.8) is 0 Å². The predicted octanol–water partition coefficient (Wildman–Crippen LogP) is 3.12. The van der Waals surface area contributed by atoms with Gasteiger partial charge in [0.05, 0.1) is 10.7 Å². The fourth-order valence-corrected chi connectivity index (χ4v) is 1.47. The molecule has 4 heteroatoms. The van der Waals surface area contributed by atoms with E-state index in [4.69, 9.17) is 17.3 Å². The normalized spacial score (nSPS) is 10.3. The number of hydrogen-bond donors (Lipinski definition) is 1. The Labute approximate surface area is 91.5 Å².